The van der Waals surface area contributed by atoms with Crippen molar-refractivity contribution in [3.8, 4) is 17.2 Å². The minimum Gasteiger partial charge on any atom is -0.426 e. The summed E-state index contributed by atoms with van der Waals surface area (Å²) >= 11 is 0. The number of hydrogen-bond acceptors (Lipinski definition) is 9. The van der Waals surface area contributed by atoms with E-state index in [1.807, 2.05) is 0 Å². The van der Waals surface area contributed by atoms with Crippen molar-refractivity contribution in [2.24, 2.45) is 10.8 Å². The van der Waals surface area contributed by atoms with Crippen LogP contribution in [0.1, 0.15) is 226 Å². The highest BCUT2D eigenvalue weighted by Crippen LogP contribution is 2.57. The summed E-state index contributed by atoms with van der Waals surface area (Å²) in [5, 5.41) is 0. The third kappa shape index (κ3) is 17.2. The van der Waals surface area contributed by atoms with Crippen molar-refractivity contribution in [1.29, 1.82) is 0 Å². The molecule has 12 heteroatoms. The molecule has 0 amide bonds. The van der Waals surface area contributed by atoms with Gasteiger partial charge in [0.1, 0.15) is 17.2 Å². The minimum absolute atomic E-state index is 0. The zero-order valence-electron chi connectivity index (χ0n) is 58.8. The van der Waals surface area contributed by atoms with Crippen LogP contribution >= 0.6 is 25.8 Å². The molecule has 0 atom stereocenters. The molecule has 3 aliphatic rings. The maximum Gasteiger partial charge on any atom is 0.397 e. The molecule has 3 aliphatic heterocycles. The average molecular weight is 1320 g/mol. The molecular formula is C81H109O9P3. The lowest BCUT2D eigenvalue weighted by atomic mass is 9.73. The van der Waals surface area contributed by atoms with Gasteiger partial charge in [-0.1, -0.05) is 310 Å². The molecule has 0 unspecified atom stereocenters. The van der Waals surface area contributed by atoms with E-state index in [-0.39, 0.29) is 50.7 Å². The van der Waals surface area contributed by atoms with Crippen LogP contribution in [0.4, 0.5) is 0 Å². The Morgan fingerprint density at radius 3 is 0.968 bits per heavy atom. The maximum absolute atomic E-state index is 6.66. The van der Waals surface area contributed by atoms with Crippen molar-refractivity contribution < 1.29 is 40.7 Å². The predicted octanol–water partition coefficient (Wildman–Crippen LogP) is 23.4. The Bertz CT molecular complexity index is 3300. The monoisotopic (exact) mass is 1320 g/mol. The van der Waals surface area contributed by atoms with E-state index in [1.54, 1.807) is 0 Å². The summed E-state index contributed by atoms with van der Waals surface area (Å²) in [6.45, 7) is 45.9. The van der Waals surface area contributed by atoms with Crippen LogP contribution in [0, 0.1) is 10.8 Å². The Labute approximate surface area is 564 Å². The van der Waals surface area contributed by atoms with Gasteiger partial charge in [0.15, 0.2) is 0 Å². The van der Waals surface area contributed by atoms with E-state index in [0.29, 0.717) is 26.4 Å². The Kier molecular flexibility index (Phi) is 23.6. The van der Waals surface area contributed by atoms with Gasteiger partial charge in [0, 0.05) is 49.3 Å². The third-order valence-corrected chi connectivity index (χ3v) is 22.5. The first-order valence-electron chi connectivity index (χ1n) is 33.3. The van der Waals surface area contributed by atoms with Gasteiger partial charge in [0.05, 0.1) is 45.1 Å². The largest absolute Gasteiger partial charge is 0.426 e. The van der Waals surface area contributed by atoms with E-state index in [0.717, 1.165) is 54.4 Å². The first-order chi connectivity index (χ1) is 43.3. The van der Waals surface area contributed by atoms with Crippen LogP contribution in [0.15, 0.2) is 170 Å². The van der Waals surface area contributed by atoms with Gasteiger partial charge < -0.3 is 40.7 Å². The summed E-state index contributed by atoms with van der Waals surface area (Å²) in [4.78, 5) is 0. The molecule has 10 rings (SSSR count). The molecule has 502 valence electrons. The predicted molar refractivity (Wildman–Crippen MR) is 389 cm³/mol. The van der Waals surface area contributed by atoms with Gasteiger partial charge >= 0.3 is 25.8 Å². The van der Waals surface area contributed by atoms with E-state index < -0.39 is 31.2 Å². The fraction of sp³-hybridized carbons (Fsp3) is 0.481. The summed E-state index contributed by atoms with van der Waals surface area (Å²) in [6.07, 6.45) is 4.66. The second-order valence-electron chi connectivity index (χ2n) is 31.1. The van der Waals surface area contributed by atoms with Crippen molar-refractivity contribution in [2.75, 3.05) is 39.6 Å². The van der Waals surface area contributed by atoms with Crippen LogP contribution in [0.25, 0.3) is 0 Å². The smallest absolute Gasteiger partial charge is 0.397 e. The van der Waals surface area contributed by atoms with Crippen molar-refractivity contribution in [2.45, 2.75) is 203 Å². The molecule has 3 saturated heterocycles. The topological polar surface area (TPSA) is 83.1 Å². The van der Waals surface area contributed by atoms with Crippen molar-refractivity contribution >= 4 is 25.8 Å². The fourth-order valence-electron chi connectivity index (χ4n) is 12.3. The summed E-state index contributed by atoms with van der Waals surface area (Å²) in [5.41, 5.74) is 11.8. The summed E-state index contributed by atoms with van der Waals surface area (Å²) in [6, 6.07) is 60.2. The molecule has 0 aliphatic carbocycles. The number of benzene rings is 7. The lowest BCUT2D eigenvalue weighted by Gasteiger charge is -2.41. The third-order valence-electron chi connectivity index (χ3n) is 19.5. The molecule has 0 radical (unpaired) electrons. The van der Waals surface area contributed by atoms with Crippen molar-refractivity contribution in [3.63, 3.8) is 0 Å². The van der Waals surface area contributed by atoms with E-state index in [2.05, 4.69) is 301 Å². The molecule has 0 saturated carbocycles. The lowest BCUT2D eigenvalue weighted by Crippen LogP contribution is -2.45. The highest BCUT2D eigenvalue weighted by Gasteiger charge is 2.46. The molecule has 0 N–H and O–H groups in total. The van der Waals surface area contributed by atoms with Crippen LogP contribution in [-0.4, -0.2) is 39.6 Å². The molecule has 7 aromatic rings. The van der Waals surface area contributed by atoms with Crippen molar-refractivity contribution in [1.82, 2.24) is 0 Å². The normalized spacial score (nSPS) is 20.8. The molecule has 0 aromatic heterocycles. The molecule has 9 nitrogen and oxygen atoms in total. The molecule has 3 fully saturated rings. The molecular weight excluding hydrogens is 1210 g/mol. The zero-order valence-corrected chi connectivity index (χ0v) is 61.4. The Balaban J connectivity index is 0.000000293. The highest BCUT2D eigenvalue weighted by molar-refractivity contribution is 7.42. The van der Waals surface area contributed by atoms with Gasteiger partial charge in [-0.05, 0) is 80.2 Å². The van der Waals surface area contributed by atoms with Crippen LogP contribution in [0.3, 0.4) is 0 Å². The van der Waals surface area contributed by atoms with Crippen LogP contribution in [0.5, 0.6) is 17.2 Å². The second kappa shape index (κ2) is 29.8. The Morgan fingerprint density at radius 2 is 0.656 bits per heavy atom. The van der Waals surface area contributed by atoms with Gasteiger partial charge in [-0.15, -0.1) is 0 Å². The van der Waals surface area contributed by atoms with Crippen LogP contribution in [-0.2, 0) is 65.0 Å². The summed E-state index contributed by atoms with van der Waals surface area (Å²) < 4.78 is 58.0. The molecule has 3 heterocycles. The summed E-state index contributed by atoms with van der Waals surface area (Å²) in [7, 11) is -4.73. The van der Waals surface area contributed by atoms with Crippen molar-refractivity contribution in [3.05, 3.63) is 231 Å². The Hall–Kier alpha value is -5.01. The van der Waals surface area contributed by atoms with Crippen LogP contribution in [0.2, 0.25) is 0 Å². The number of hydrogen-bond donors (Lipinski definition) is 0. The second-order valence-corrected chi connectivity index (χ2v) is 34.5. The fourth-order valence-corrected chi connectivity index (χ4v) is 16.1. The van der Waals surface area contributed by atoms with E-state index >= 15 is 0 Å². The minimum atomic E-state index is -1.67. The van der Waals surface area contributed by atoms with E-state index in [9.17, 15) is 0 Å². The standard InChI is InChI=1S/C53H58O6P2.C27H47O3P.CH4/c1-49(2,39-21-13-9-14-22-39)43-29-31-47(45(33-43)51(5,6)41-25-17-11-18-26-41)58-60-54-35-53(36-55-60)37-56-61(57-38-53)59-48-32-30-44(50(3,4)40-23-15-10-16-24-40)34-46(48)52(7,8)42-27-19-12-20-28-42;1-12-14-15-27(13-2)18-28-31(29-19-27)30-23-21(25(6,7)8)16-20(24(3,4)5)17-22(23)26(9,10)11;/h9-34H,35-38H2,1-8H3;16-17H,12-15,18-19H2,1-11H3;1H4. The quantitative estimate of drug-likeness (QED) is 0.0780. The molecule has 93 heavy (non-hydrogen) atoms. The first kappa shape index (κ1) is 73.8. The van der Waals surface area contributed by atoms with E-state index in [1.165, 1.54) is 62.9 Å². The van der Waals surface area contributed by atoms with Gasteiger partial charge in [0.25, 0.3) is 0 Å². The van der Waals surface area contributed by atoms with E-state index in [4.69, 9.17) is 40.7 Å². The first-order valence-corrected chi connectivity index (χ1v) is 36.5. The average Bonchev–Trinajstić information content (AvgIpc) is 0.777. The zero-order chi connectivity index (χ0) is 66.5. The van der Waals surface area contributed by atoms with Crippen LogP contribution < -0.4 is 13.6 Å². The molecule has 1 spiro atoms. The summed E-state index contributed by atoms with van der Waals surface area (Å²) in [5.74, 6) is 2.46. The SMILES string of the molecule is C.CC(C)(c1ccccc1)c1ccc(OP2OCC3(CO2)COP(Oc2ccc(C(C)(C)c4ccccc4)cc2C(C)(C)c2ccccc2)OC3)c(C(C)(C)c2ccccc2)c1.CCCCC1(CC)COP(Oc2c(C(C)(C)C)cc(C(C)(C)C)cc2C(C)(C)C)OC1. The van der Waals surface area contributed by atoms with Gasteiger partial charge in [-0.25, -0.2) is 0 Å². The highest BCUT2D eigenvalue weighted by atomic mass is 31.2. The number of rotatable bonds is 18. The lowest BCUT2D eigenvalue weighted by molar-refractivity contribution is -0.0673. The van der Waals surface area contributed by atoms with Gasteiger partial charge in [-0.2, -0.15) is 0 Å². The van der Waals surface area contributed by atoms with Gasteiger partial charge in [-0.3, -0.25) is 0 Å². The molecule has 0 bridgehead atoms. The maximum atomic E-state index is 6.66. The molecule has 7 aromatic carbocycles. The van der Waals surface area contributed by atoms with Gasteiger partial charge in [0.2, 0.25) is 0 Å². The Morgan fingerprint density at radius 1 is 0.344 bits per heavy atom. The number of unbranched alkanes of at least 4 members (excludes halogenated alkanes) is 1.